The van der Waals surface area contributed by atoms with Crippen molar-refractivity contribution in [1.29, 1.82) is 0 Å². The molecule has 1 aromatic heterocycles. The molecular weight excluding hydrogens is 1330 g/mol. The fourth-order valence-corrected chi connectivity index (χ4v) is 10.4. The first-order valence-electron chi connectivity index (χ1n) is 33.2. The highest BCUT2D eigenvalue weighted by molar-refractivity contribution is 5.79. The van der Waals surface area contributed by atoms with Crippen LogP contribution in [0.25, 0.3) is 0 Å². The Balaban J connectivity index is 1.19. The van der Waals surface area contributed by atoms with Crippen LogP contribution in [0, 0.1) is 0 Å². The van der Waals surface area contributed by atoms with Gasteiger partial charge in [-0.15, -0.1) is 0 Å². The molecule has 0 unspecified atom stereocenters. The van der Waals surface area contributed by atoms with E-state index in [9.17, 15) is 67.1 Å². The summed E-state index contributed by atoms with van der Waals surface area (Å²) < 4.78 is 55.9. The third-order valence-electron chi connectivity index (χ3n) is 14.9. The molecule has 1 aromatic rings. The number of ether oxygens (including phenoxy) is 10. The largest absolute Gasteiger partial charge is 0.481 e. The summed E-state index contributed by atoms with van der Waals surface area (Å²) in [5.74, 6) is -7.11. The zero-order chi connectivity index (χ0) is 73.7. The van der Waals surface area contributed by atoms with Gasteiger partial charge in [0.15, 0.2) is 37.0 Å². The maximum atomic E-state index is 12.9. The van der Waals surface area contributed by atoms with Crippen LogP contribution >= 0.6 is 0 Å². The molecule has 3 fully saturated rings. The Kier molecular flexibility index (Phi) is 37.3. The molecule has 0 aliphatic carbocycles. The van der Waals surface area contributed by atoms with E-state index in [4.69, 9.17) is 52.5 Å². The van der Waals surface area contributed by atoms with Crippen molar-refractivity contribution in [2.45, 2.75) is 200 Å². The number of carboxylic acids is 1. The lowest BCUT2D eigenvalue weighted by Gasteiger charge is -2.44. The predicted octanol–water partition coefficient (Wildman–Crippen LogP) is -1.69. The number of unbranched alkanes of at least 4 members (excludes halogenated alkanes) is 2. The molecule has 100 heavy (non-hydrogen) atoms. The third-order valence-corrected chi connectivity index (χ3v) is 14.9. The molecule has 0 spiro atoms. The van der Waals surface area contributed by atoms with Gasteiger partial charge in [0.05, 0.1) is 0 Å². The summed E-state index contributed by atoms with van der Waals surface area (Å²) in [7, 11) is 0. The highest BCUT2D eigenvalue weighted by Gasteiger charge is 2.53. The molecule has 4 rings (SSSR count). The van der Waals surface area contributed by atoms with E-state index in [1.807, 2.05) is 4.90 Å². The minimum absolute atomic E-state index is 0.0107. The molecule has 3 aliphatic heterocycles. The minimum Gasteiger partial charge on any atom is -0.481 e. The molecule has 3 aliphatic rings. The lowest BCUT2D eigenvalue weighted by molar-refractivity contribution is -0.277. The Hall–Kier alpha value is -9.17. The second-order valence-electron chi connectivity index (χ2n) is 23.5. The van der Waals surface area contributed by atoms with Crippen LogP contribution in [0.5, 0.6) is 0 Å². The van der Waals surface area contributed by atoms with Crippen molar-refractivity contribution >= 4 is 101 Å². The number of carbonyl (C=O) groups is 14. The Morgan fingerprint density at radius 1 is 0.430 bits per heavy atom. The number of anilines is 3. The van der Waals surface area contributed by atoms with E-state index in [1.165, 1.54) is 27.7 Å². The number of amides is 7. The number of piperazine rings is 1. The summed E-state index contributed by atoms with van der Waals surface area (Å²) in [6, 6.07) is -2.26. The van der Waals surface area contributed by atoms with Gasteiger partial charge < -0.3 is 105 Å². The van der Waals surface area contributed by atoms with Crippen LogP contribution in [-0.4, -0.2) is 261 Å². The summed E-state index contributed by atoms with van der Waals surface area (Å²) in [4.78, 5) is 188. The maximum absolute atomic E-state index is 12.9. The fourth-order valence-electron chi connectivity index (χ4n) is 10.4. The lowest BCUT2D eigenvalue weighted by Crippen LogP contribution is -2.66. The fraction of sp³-hybridized carbons (Fsp3) is 0.726. The van der Waals surface area contributed by atoms with E-state index < -0.39 is 115 Å². The van der Waals surface area contributed by atoms with Crippen molar-refractivity contribution in [3.8, 4) is 0 Å². The number of carboxylic acid groups (broad SMARTS) is 1. The number of rotatable bonds is 43. The average molecular weight is 1420 g/mol. The average Bonchev–Trinajstić information content (AvgIpc) is 0.791. The summed E-state index contributed by atoms with van der Waals surface area (Å²) in [6.45, 7) is 11.2. The van der Waals surface area contributed by atoms with Gasteiger partial charge in [-0.25, -0.2) is 0 Å². The number of esters is 6. The Bertz CT molecular complexity index is 2760. The molecule has 38 nitrogen and oxygen atoms in total. The molecule has 0 bridgehead atoms. The van der Waals surface area contributed by atoms with Crippen molar-refractivity contribution < 1.29 is 120 Å². The van der Waals surface area contributed by atoms with E-state index in [-0.39, 0.29) is 158 Å². The van der Waals surface area contributed by atoms with E-state index >= 15 is 0 Å². The Morgan fingerprint density at radius 2 is 0.810 bits per heavy atom. The van der Waals surface area contributed by atoms with E-state index in [2.05, 4.69) is 57.5 Å². The van der Waals surface area contributed by atoms with Crippen LogP contribution in [0.3, 0.4) is 0 Å². The van der Waals surface area contributed by atoms with E-state index in [0.29, 0.717) is 64.7 Å². The summed E-state index contributed by atoms with van der Waals surface area (Å²) >= 11 is 0. The predicted molar refractivity (Wildman–Crippen MR) is 345 cm³/mol. The van der Waals surface area contributed by atoms with Crippen LogP contribution in [0.15, 0.2) is 0 Å². The highest BCUT2D eigenvalue weighted by atomic mass is 16.7. The van der Waals surface area contributed by atoms with Gasteiger partial charge in [-0.05, 0) is 44.9 Å². The molecule has 3 saturated heterocycles. The first-order chi connectivity index (χ1) is 47.6. The summed E-state index contributed by atoms with van der Waals surface area (Å²) in [5, 5.41) is 31.6. The number of nitrogens with zero attached hydrogens (tertiary/aromatic N) is 5. The monoisotopic (exact) mass is 1420 g/mol. The van der Waals surface area contributed by atoms with Crippen LogP contribution < -0.4 is 47.4 Å². The second-order valence-corrected chi connectivity index (χ2v) is 23.5. The second kappa shape index (κ2) is 44.8. The van der Waals surface area contributed by atoms with Crippen LogP contribution in [0.2, 0.25) is 0 Å². The van der Waals surface area contributed by atoms with Gasteiger partial charge in [0, 0.05) is 173 Å². The summed E-state index contributed by atoms with van der Waals surface area (Å²) in [5.41, 5.74) is 0. The number of nitrogens with one attached hydrogen (secondary N) is 8. The molecule has 0 radical (unpaired) electrons. The summed E-state index contributed by atoms with van der Waals surface area (Å²) in [6.07, 6.45) is -7.09. The number of hydrogen-bond acceptors (Lipinski definition) is 30. The SMILES string of the molecule is CC(=O)N[C@H]1[C@H](OCCCCC(=O)NCCCNC(=O)CCNc2nc(NCCC(=O)NCCCNC(=O)CCCCO[C@@H]3O[C@H](COC(C)=O)[C@H](OC(C)=O)[C@H](OC(C)=O)[C@H]3NC(C)=O)nc(N3CCN(C(=O)CCCC(=O)O)CC3)n2)O[C@H](COC(C)=O)[C@H](OC(C)=O)[C@@H]1OC(C)=O. The third kappa shape index (κ3) is 32.7. The maximum Gasteiger partial charge on any atom is 0.303 e. The molecule has 38 heteroatoms. The van der Waals surface area contributed by atoms with Crippen LogP contribution in [-0.2, 0) is 114 Å². The number of hydrogen-bond donors (Lipinski definition) is 9. The van der Waals surface area contributed by atoms with Gasteiger partial charge >= 0.3 is 41.8 Å². The van der Waals surface area contributed by atoms with Crippen molar-refractivity contribution in [2.75, 3.05) is 107 Å². The smallest absolute Gasteiger partial charge is 0.303 e. The molecule has 4 heterocycles. The van der Waals surface area contributed by atoms with Crippen molar-refractivity contribution in [2.24, 2.45) is 0 Å². The van der Waals surface area contributed by atoms with Crippen molar-refractivity contribution in [3.63, 3.8) is 0 Å². The van der Waals surface area contributed by atoms with Crippen molar-refractivity contribution in [1.82, 2.24) is 51.8 Å². The van der Waals surface area contributed by atoms with Crippen molar-refractivity contribution in [3.05, 3.63) is 0 Å². The Morgan fingerprint density at radius 3 is 1.17 bits per heavy atom. The van der Waals surface area contributed by atoms with Crippen LogP contribution in [0.4, 0.5) is 17.8 Å². The van der Waals surface area contributed by atoms with E-state index in [1.54, 1.807) is 4.90 Å². The van der Waals surface area contributed by atoms with E-state index in [0.717, 1.165) is 27.7 Å². The molecule has 0 aromatic carbocycles. The molecule has 7 amide bonds. The van der Waals surface area contributed by atoms with Gasteiger partial charge in [0.1, 0.15) is 37.5 Å². The normalized spacial score (nSPS) is 20.9. The Labute approximate surface area is 578 Å². The number of aromatic nitrogens is 3. The first kappa shape index (κ1) is 83.3. The molecule has 9 N–H and O–H groups in total. The molecular formula is C62H97N13O25. The van der Waals surface area contributed by atoms with Crippen LogP contribution in [0.1, 0.15) is 139 Å². The molecule has 10 atom stereocenters. The van der Waals surface area contributed by atoms with Gasteiger partial charge in [-0.3, -0.25) is 67.1 Å². The highest BCUT2D eigenvalue weighted by Crippen LogP contribution is 2.30. The minimum atomic E-state index is -1.28. The zero-order valence-electron chi connectivity index (χ0n) is 57.8. The zero-order valence-corrected chi connectivity index (χ0v) is 57.8. The van der Waals surface area contributed by atoms with Gasteiger partial charge in [0.25, 0.3) is 0 Å². The number of carbonyl (C=O) groups excluding carboxylic acids is 13. The van der Waals surface area contributed by atoms with Gasteiger partial charge in [0.2, 0.25) is 59.2 Å². The molecule has 560 valence electrons. The first-order valence-corrected chi connectivity index (χ1v) is 33.2. The standard InChI is InChI=1S/C62H97N13O25/c1-36(76)69-52-56(97-42(7)82)54(95-40(5)80)44(34-93-38(3)78)99-58(52)91-32-11-9-16-46(84)63-22-14-24-65-48(86)20-26-67-60-71-61(73-62(72-60)75-30-28-74(29-31-75)50(88)18-13-19-51(89)90)68-27-21-49(87)66-25-15-23-64-47(85)17-10-12-33-92-59-53(70-37(2)77)57(98-43(8)83)55(96-41(6)81)45(100-59)35-94-39(4)79/h44-45,52-59H,9-35H2,1-8H3,(H,63,84)(H,64,85)(H,65,86)(H,66,87)(H,69,76)(H,70,77)(H,89,90)(H2,67,68,71,72,73)/t44-,45-,52-,53-,54+,55+,56-,57-,58-,59-/m1/s1. The molecule has 0 saturated carbocycles. The topological polar surface area (TPSA) is 493 Å². The lowest BCUT2D eigenvalue weighted by atomic mass is 9.96. The quantitative estimate of drug-likeness (QED) is 0.0200. The number of aliphatic carboxylic acids is 1. The van der Waals surface area contributed by atoms with Gasteiger partial charge in [-0.2, -0.15) is 15.0 Å². The van der Waals surface area contributed by atoms with Gasteiger partial charge in [-0.1, -0.05) is 0 Å².